The molecule has 0 aromatic rings. The second-order valence-corrected chi connectivity index (χ2v) is 1.39. The number of aliphatic hydroxyl groups is 1. The Morgan fingerprint density at radius 2 is 2.33 bits per heavy atom. The van der Waals surface area contributed by atoms with Crippen LogP contribution in [0.5, 0.6) is 0 Å². The minimum atomic E-state index is -1.45. The summed E-state index contributed by atoms with van der Waals surface area (Å²) >= 11 is 0. The number of nitrogens with one attached hydrogen (secondary N) is 1. The Labute approximate surface area is 65.4 Å². The third kappa shape index (κ3) is 5.86. The predicted molar refractivity (Wildman–Crippen MR) is 24.9 cm³/mol. The molecular weight excluding hydrogens is 117 g/mol. The van der Waals surface area contributed by atoms with Crippen LogP contribution in [0.1, 0.15) is 0 Å². The molecule has 1 atom stereocenters. The van der Waals surface area contributed by atoms with E-state index in [4.69, 9.17) is 5.11 Å². The molecule has 0 heterocycles. The van der Waals surface area contributed by atoms with E-state index in [0.29, 0.717) is 0 Å². The van der Waals surface area contributed by atoms with Gasteiger partial charge in [-0.2, -0.15) is 0 Å². The molecule has 0 aromatic carbocycles. The molecule has 48 valence electrons. The monoisotopic (exact) mass is 125 g/mol. The zero-order chi connectivity index (χ0) is 6.57. The third-order valence-corrected chi connectivity index (χ3v) is 0.670. The average molecular weight is 125 g/mol. The molecule has 4 nitrogen and oxygen atoms in total. The van der Waals surface area contributed by atoms with Gasteiger partial charge in [0.15, 0.2) is 0 Å². The van der Waals surface area contributed by atoms with Crippen LogP contribution in [-0.4, -0.2) is 30.8 Å². The molecular formula is C4H8LiNO3. The molecule has 0 aliphatic carbocycles. The number of hydrogen-bond acceptors (Lipinski definition) is 4. The van der Waals surface area contributed by atoms with Crippen LogP contribution in [0.25, 0.3) is 0 Å². The van der Waals surface area contributed by atoms with Gasteiger partial charge < -0.3 is 20.3 Å². The van der Waals surface area contributed by atoms with Crippen molar-refractivity contribution in [3.63, 3.8) is 0 Å². The zero-order valence-corrected chi connectivity index (χ0v) is 5.55. The number of hydrogen-bond donors (Lipinski definition) is 2. The van der Waals surface area contributed by atoms with Crippen LogP contribution in [0.4, 0.5) is 0 Å². The molecule has 0 rings (SSSR count). The van der Waals surface area contributed by atoms with Crippen molar-refractivity contribution >= 4 is 5.97 Å². The van der Waals surface area contributed by atoms with Crippen molar-refractivity contribution < 1.29 is 33.9 Å². The Bertz CT molecular complexity index is 87.9. The first kappa shape index (κ1) is 11.7. The van der Waals surface area contributed by atoms with E-state index >= 15 is 0 Å². The summed E-state index contributed by atoms with van der Waals surface area (Å²) in [5, 5.41) is 20.6. The minimum absolute atomic E-state index is 0. The number of aliphatic hydroxyl groups excluding tert-OH is 1. The van der Waals surface area contributed by atoms with Crippen LogP contribution in [-0.2, 0) is 4.79 Å². The summed E-state index contributed by atoms with van der Waals surface area (Å²) in [7, 11) is 1.55. The van der Waals surface area contributed by atoms with E-state index in [1.54, 1.807) is 7.05 Å². The van der Waals surface area contributed by atoms with Crippen molar-refractivity contribution in [1.82, 2.24) is 5.32 Å². The molecule has 0 aromatic heterocycles. The van der Waals surface area contributed by atoms with Gasteiger partial charge in [-0.1, -0.05) is 0 Å². The summed E-state index contributed by atoms with van der Waals surface area (Å²) in [6, 6.07) is 0. The Morgan fingerprint density at radius 1 is 1.89 bits per heavy atom. The van der Waals surface area contributed by atoms with Gasteiger partial charge in [-0.25, -0.2) is 0 Å². The van der Waals surface area contributed by atoms with Gasteiger partial charge in [0.25, 0.3) is 0 Å². The van der Waals surface area contributed by atoms with E-state index in [2.05, 4.69) is 5.32 Å². The molecule has 0 bridgehead atoms. The molecule has 0 spiro atoms. The Balaban J connectivity index is 0. The van der Waals surface area contributed by atoms with Crippen molar-refractivity contribution in [2.24, 2.45) is 0 Å². The van der Waals surface area contributed by atoms with Crippen LogP contribution in [0.15, 0.2) is 0 Å². The first-order chi connectivity index (χ1) is 3.68. The van der Waals surface area contributed by atoms with Gasteiger partial charge in [0.05, 0.1) is 5.97 Å². The SMILES string of the molecule is CNCC(O)C(=O)[O-].[Li+]. The maximum absolute atomic E-state index is 9.69. The number of likely N-dealkylation sites (N-methyl/N-ethyl adjacent to an activating group) is 1. The molecule has 0 aliphatic rings. The summed E-state index contributed by atoms with van der Waals surface area (Å²) in [6.07, 6.45) is -1.39. The number of carboxylic acid groups (broad SMARTS) is 1. The maximum atomic E-state index is 9.69. The van der Waals surface area contributed by atoms with E-state index in [1.807, 2.05) is 0 Å². The van der Waals surface area contributed by atoms with Crippen molar-refractivity contribution in [1.29, 1.82) is 0 Å². The van der Waals surface area contributed by atoms with E-state index in [1.165, 1.54) is 0 Å². The Kier molecular flexibility index (Phi) is 7.98. The summed E-state index contributed by atoms with van der Waals surface area (Å²) in [5.74, 6) is -1.45. The maximum Gasteiger partial charge on any atom is 1.00 e. The average Bonchev–Trinajstić information content (AvgIpc) is 1.67. The second-order valence-electron chi connectivity index (χ2n) is 1.39. The second kappa shape index (κ2) is 6.11. The van der Waals surface area contributed by atoms with Crippen LogP contribution in [0, 0.1) is 0 Å². The molecule has 0 amide bonds. The largest absolute Gasteiger partial charge is 1.00 e. The fourth-order valence-electron chi connectivity index (χ4n) is 0.277. The van der Waals surface area contributed by atoms with Crippen LogP contribution >= 0.6 is 0 Å². The normalized spacial score (nSPS) is 11.8. The molecule has 0 radical (unpaired) electrons. The van der Waals surface area contributed by atoms with E-state index in [-0.39, 0.29) is 25.4 Å². The standard InChI is InChI=1S/C4H9NO3.Li/c1-5-2-3(6)4(7)8;/h3,5-6H,2H2,1H3,(H,7,8);/q;+1/p-1. The molecule has 0 saturated heterocycles. The van der Waals surface area contributed by atoms with Gasteiger partial charge in [0, 0.05) is 6.54 Å². The smallest absolute Gasteiger partial charge is 0.547 e. The van der Waals surface area contributed by atoms with Gasteiger partial charge in [0.1, 0.15) is 6.10 Å². The summed E-state index contributed by atoms with van der Waals surface area (Å²) < 4.78 is 0. The van der Waals surface area contributed by atoms with Crippen molar-refractivity contribution in [2.75, 3.05) is 13.6 Å². The number of carboxylic acids is 1. The van der Waals surface area contributed by atoms with E-state index in [0.717, 1.165) is 0 Å². The molecule has 1 unspecified atom stereocenters. The topological polar surface area (TPSA) is 72.4 Å². The Morgan fingerprint density at radius 3 is 2.44 bits per heavy atom. The fourth-order valence-corrected chi connectivity index (χ4v) is 0.277. The van der Waals surface area contributed by atoms with Crippen LogP contribution in [0.3, 0.4) is 0 Å². The first-order valence-electron chi connectivity index (χ1n) is 2.22. The number of aliphatic carboxylic acids is 1. The van der Waals surface area contributed by atoms with Gasteiger partial charge in [-0.15, -0.1) is 0 Å². The molecule has 0 aliphatic heterocycles. The van der Waals surface area contributed by atoms with Crippen molar-refractivity contribution in [2.45, 2.75) is 6.10 Å². The number of rotatable bonds is 3. The quantitative estimate of drug-likeness (QED) is 0.369. The third-order valence-electron chi connectivity index (χ3n) is 0.670. The summed E-state index contributed by atoms with van der Waals surface area (Å²) in [5.41, 5.74) is 0. The summed E-state index contributed by atoms with van der Waals surface area (Å²) in [4.78, 5) is 9.69. The van der Waals surface area contributed by atoms with Gasteiger partial charge in [-0.3, -0.25) is 0 Å². The minimum Gasteiger partial charge on any atom is -0.547 e. The van der Waals surface area contributed by atoms with E-state index < -0.39 is 12.1 Å². The number of carbonyl (C=O) groups excluding carboxylic acids is 1. The van der Waals surface area contributed by atoms with Crippen LogP contribution < -0.4 is 29.3 Å². The van der Waals surface area contributed by atoms with Gasteiger partial charge in [-0.05, 0) is 7.05 Å². The molecule has 2 N–H and O–H groups in total. The van der Waals surface area contributed by atoms with Gasteiger partial charge in [0.2, 0.25) is 0 Å². The van der Waals surface area contributed by atoms with Crippen LogP contribution in [0.2, 0.25) is 0 Å². The Hall–Kier alpha value is -0.0126. The summed E-state index contributed by atoms with van der Waals surface area (Å²) in [6.45, 7) is 0.0301. The molecule has 9 heavy (non-hydrogen) atoms. The van der Waals surface area contributed by atoms with Crippen molar-refractivity contribution in [3.05, 3.63) is 0 Å². The predicted octanol–water partition coefficient (Wildman–Crippen LogP) is -5.68. The first-order valence-corrected chi connectivity index (χ1v) is 2.22. The fraction of sp³-hybridized carbons (Fsp3) is 0.750. The molecule has 0 fully saturated rings. The van der Waals surface area contributed by atoms with Crippen molar-refractivity contribution in [3.8, 4) is 0 Å². The zero-order valence-electron chi connectivity index (χ0n) is 5.55. The van der Waals surface area contributed by atoms with Gasteiger partial charge >= 0.3 is 18.9 Å². The van der Waals surface area contributed by atoms with E-state index in [9.17, 15) is 9.90 Å². The molecule has 5 heteroatoms. The molecule has 0 saturated carbocycles. The number of carbonyl (C=O) groups is 1.